The summed E-state index contributed by atoms with van der Waals surface area (Å²) in [6.07, 6.45) is -4.55. The molecule has 0 fully saturated rings. The van der Waals surface area contributed by atoms with Gasteiger partial charge in [0.1, 0.15) is 11.4 Å². The first-order chi connectivity index (χ1) is 9.81. The summed E-state index contributed by atoms with van der Waals surface area (Å²) < 4.78 is 43.6. The highest BCUT2D eigenvalue weighted by atomic mass is 35.5. The Kier molecular flexibility index (Phi) is 4.39. The molecule has 0 saturated heterocycles. The molecule has 1 aromatic heterocycles. The highest BCUT2D eigenvalue weighted by Crippen LogP contribution is 2.33. The largest absolute Gasteiger partial charge is 0.438 e. The Morgan fingerprint density at radius 1 is 1.24 bits per heavy atom. The molecule has 21 heavy (non-hydrogen) atoms. The van der Waals surface area contributed by atoms with Crippen molar-refractivity contribution in [1.82, 2.24) is 4.98 Å². The molecule has 0 bridgehead atoms. The lowest BCUT2D eigenvalue weighted by atomic mass is 10.2. The highest BCUT2D eigenvalue weighted by molar-refractivity contribution is 6.30. The van der Waals surface area contributed by atoms with Gasteiger partial charge in [0.25, 0.3) is 0 Å². The minimum absolute atomic E-state index is 0.0140. The van der Waals surface area contributed by atoms with Crippen LogP contribution in [0.25, 0.3) is 0 Å². The number of aromatic nitrogens is 1. The molecular formula is C14H12ClF3N2O. The third-order valence-electron chi connectivity index (χ3n) is 2.81. The topological polar surface area (TPSA) is 48.1 Å². The molecule has 1 heterocycles. The zero-order valence-corrected chi connectivity index (χ0v) is 11.8. The fourth-order valence-corrected chi connectivity index (χ4v) is 1.82. The van der Waals surface area contributed by atoms with Gasteiger partial charge in [0, 0.05) is 17.1 Å². The van der Waals surface area contributed by atoms with Crippen molar-refractivity contribution < 1.29 is 17.9 Å². The third kappa shape index (κ3) is 3.65. The van der Waals surface area contributed by atoms with Crippen molar-refractivity contribution >= 4 is 11.6 Å². The van der Waals surface area contributed by atoms with Crippen molar-refractivity contribution in [3.8, 4) is 11.6 Å². The maximum absolute atomic E-state index is 12.7. The molecule has 2 aromatic rings. The number of hydrogen-bond donors (Lipinski definition) is 1. The van der Waals surface area contributed by atoms with E-state index in [1.54, 1.807) is 19.1 Å². The maximum Gasteiger partial charge on any atom is 0.433 e. The quantitative estimate of drug-likeness (QED) is 0.917. The number of alkyl halides is 3. The average Bonchev–Trinajstić information content (AvgIpc) is 2.42. The molecule has 1 aromatic carbocycles. The smallest absolute Gasteiger partial charge is 0.433 e. The number of pyridine rings is 1. The number of benzene rings is 1. The van der Waals surface area contributed by atoms with Crippen LogP contribution in [0.1, 0.15) is 16.8 Å². The highest BCUT2D eigenvalue weighted by Gasteiger charge is 2.33. The lowest BCUT2D eigenvalue weighted by Crippen LogP contribution is -2.11. The fourth-order valence-electron chi connectivity index (χ4n) is 1.66. The summed E-state index contributed by atoms with van der Waals surface area (Å²) in [5.41, 5.74) is 5.57. The first-order valence-corrected chi connectivity index (χ1v) is 6.40. The van der Waals surface area contributed by atoms with Crippen LogP contribution < -0.4 is 10.5 Å². The normalized spacial score (nSPS) is 11.5. The van der Waals surface area contributed by atoms with E-state index in [2.05, 4.69) is 4.98 Å². The molecule has 7 heteroatoms. The zero-order chi connectivity index (χ0) is 15.6. The van der Waals surface area contributed by atoms with Crippen LogP contribution >= 0.6 is 11.6 Å². The van der Waals surface area contributed by atoms with Crippen molar-refractivity contribution in [2.75, 3.05) is 0 Å². The summed E-state index contributed by atoms with van der Waals surface area (Å²) >= 11 is 5.86. The van der Waals surface area contributed by atoms with Crippen molar-refractivity contribution in [2.45, 2.75) is 19.6 Å². The zero-order valence-electron chi connectivity index (χ0n) is 11.0. The Labute approximate surface area is 124 Å². The van der Waals surface area contributed by atoms with Gasteiger partial charge in [-0.3, -0.25) is 0 Å². The van der Waals surface area contributed by atoms with Gasteiger partial charge in [-0.25, -0.2) is 4.98 Å². The summed E-state index contributed by atoms with van der Waals surface area (Å²) in [5, 5.41) is 0.414. The number of ether oxygens (including phenoxy) is 1. The summed E-state index contributed by atoms with van der Waals surface area (Å²) in [5.74, 6) is 0.168. The number of nitrogens with zero attached hydrogens (tertiary/aromatic N) is 1. The van der Waals surface area contributed by atoms with Crippen LogP contribution in [-0.4, -0.2) is 4.98 Å². The predicted molar refractivity (Wildman–Crippen MR) is 73.4 cm³/mol. The molecule has 0 aliphatic carbocycles. The van der Waals surface area contributed by atoms with E-state index in [-0.39, 0.29) is 12.4 Å². The van der Waals surface area contributed by atoms with E-state index in [0.717, 1.165) is 11.6 Å². The van der Waals surface area contributed by atoms with Gasteiger partial charge >= 0.3 is 6.18 Å². The first kappa shape index (κ1) is 15.6. The Morgan fingerprint density at radius 2 is 1.95 bits per heavy atom. The Balaban J connectivity index is 2.44. The van der Waals surface area contributed by atoms with Crippen LogP contribution in [0.15, 0.2) is 30.3 Å². The van der Waals surface area contributed by atoms with E-state index < -0.39 is 11.9 Å². The fraction of sp³-hybridized carbons (Fsp3) is 0.214. The molecule has 0 unspecified atom stereocenters. The molecule has 0 radical (unpaired) electrons. The van der Waals surface area contributed by atoms with Crippen molar-refractivity contribution in [1.29, 1.82) is 0 Å². The van der Waals surface area contributed by atoms with E-state index in [4.69, 9.17) is 22.1 Å². The first-order valence-electron chi connectivity index (χ1n) is 6.02. The van der Waals surface area contributed by atoms with Crippen LogP contribution in [0.3, 0.4) is 0 Å². The van der Waals surface area contributed by atoms with Gasteiger partial charge in [-0.15, -0.1) is 0 Å². The summed E-state index contributed by atoms with van der Waals surface area (Å²) in [6, 6.07) is 7.00. The second kappa shape index (κ2) is 5.91. The Hall–Kier alpha value is -1.79. The second-order valence-electron chi connectivity index (χ2n) is 4.37. The summed E-state index contributed by atoms with van der Waals surface area (Å²) in [4.78, 5) is 3.51. The van der Waals surface area contributed by atoms with E-state index in [1.165, 1.54) is 12.1 Å². The summed E-state index contributed by atoms with van der Waals surface area (Å²) in [6.45, 7) is 1.77. The molecule has 2 N–H and O–H groups in total. The predicted octanol–water partition coefficient (Wildman–Crippen LogP) is 4.31. The van der Waals surface area contributed by atoms with Crippen LogP contribution in [-0.2, 0) is 12.7 Å². The molecule has 0 saturated carbocycles. The Morgan fingerprint density at radius 3 is 2.57 bits per heavy atom. The molecule has 0 atom stereocenters. The van der Waals surface area contributed by atoms with Crippen LogP contribution in [0.4, 0.5) is 13.2 Å². The van der Waals surface area contributed by atoms with Gasteiger partial charge in [-0.05, 0) is 30.7 Å². The van der Waals surface area contributed by atoms with Crippen molar-refractivity contribution in [3.63, 3.8) is 0 Å². The van der Waals surface area contributed by atoms with Crippen molar-refractivity contribution in [3.05, 3.63) is 52.2 Å². The maximum atomic E-state index is 12.7. The number of hydrogen-bond acceptors (Lipinski definition) is 3. The van der Waals surface area contributed by atoms with Crippen LogP contribution in [0.2, 0.25) is 5.02 Å². The van der Waals surface area contributed by atoms with Gasteiger partial charge in [-0.2, -0.15) is 13.2 Å². The van der Waals surface area contributed by atoms with E-state index in [9.17, 15) is 13.2 Å². The summed E-state index contributed by atoms with van der Waals surface area (Å²) in [7, 11) is 0. The van der Waals surface area contributed by atoms with E-state index in [0.29, 0.717) is 16.3 Å². The molecule has 112 valence electrons. The molecule has 0 aliphatic heterocycles. The van der Waals surface area contributed by atoms with Crippen LogP contribution in [0.5, 0.6) is 11.6 Å². The molecule has 2 rings (SSSR count). The van der Waals surface area contributed by atoms with E-state index >= 15 is 0 Å². The van der Waals surface area contributed by atoms with Gasteiger partial charge in [0.15, 0.2) is 0 Å². The molecule has 0 spiro atoms. The number of aryl methyl sites for hydroxylation is 1. The minimum atomic E-state index is -4.55. The van der Waals surface area contributed by atoms with Gasteiger partial charge in [0.2, 0.25) is 5.88 Å². The second-order valence-corrected chi connectivity index (χ2v) is 4.81. The van der Waals surface area contributed by atoms with Gasteiger partial charge in [0.05, 0.1) is 0 Å². The lowest BCUT2D eigenvalue weighted by Gasteiger charge is -2.13. The average molecular weight is 317 g/mol. The monoisotopic (exact) mass is 316 g/mol. The lowest BCUT2D eigenvalue weighted by molar-refractivity contribution is -0.141. The van der Waals surface area contributed by atoms with E-state index in [1.807, 2.05) is 0 Å². The van der Waals surface area contributed by atoms with Gasteiger partial charge < -0.3 is 10.5 Å². The third-order valence-corrected chi connectivity index (χ3v) is 3.04. The molecular weight excluding hydrogens is 305 g/mol. The minimum Gasteiger partial charge on any atom is -0.438 e. The molecule has 0 aliphatic rings. The van der Waals surface area contributed by atoms with Crippen molar-refractivity contribution in [2.24, 2.45) is 5.73 Å². The SMILES string of the molecule is Cc1ccc(Cl)cc1Oc1nc(C(F)(F)F)ccc1CN. The molecule has 3 nitrogen and oxygen atoms in total. The molecule has 0 amide bonds. The number of halogens is 4. The van der Waals surface area contributed by atoms with Crippen LogP contribution in [0, 0.1) is 6.92 Å². The van der Waals surface area contributed by atoms with Gasteiger partial charge in [-0.1, -0.05) is 23.7 Å². The Bertz CT molecular complexity index is 659. The number of nitrogens with two attached hydrogens (primary N) is 1. The standard InChI is InChI=1S/C14H12ClF3N2O/c1-8-2-4-10(15)6-11(8)21-13-9(7-19)3-5-12(20-13)14(16,17)18/h2-6H,7,19H2,1H3. The number of rotatable bonds is 3.